The van der Waals surface area contributed by atoms with Crippen molar-refractivity contribution in [3.8, 4) is 0 Å². The normalized spacial score (nSPS) is 13.4. The molecule has 0 amide bonds. The molecule has 2 aromatic heterocycles. The van der Waals surface area contributed by atoms with Gasteiger partial charge < -0.3 is 0 Å². The number of fused-ring (bicyclic) bond motifs is 2. The quantitative estimate of drug-likeness (QED) is 0.785. The van der Waals surface area contributed by atoms with Gasteiger partial charge in [-0.3, -0.25) is 5.32 Å². The number of hydrogen-bond donors (Lipinski definition) is 1. The van der Waals surface area contributed by atoms with E-state index in [2.05, 4.69) is 25.3 Å². The van der Waals surface area contributed by atoms with Gasteiger partial charge in [0.2, 0.25) is 11.9 Å². The van der Waals surface area contributed by atoms with Crippen molar-refractivity contribution in [2.75, 3.05) is 5.32 Å². The lowest BCUT2D eigenvalue weighted by Crippen LogP contribution is -2.06. The fourth-order valence-electron chi connectivity index (χ4n) is 3.07. The van der Waals surface area contributed by atoms with E-state index in [1.807, 2.05) is 38.1 Å². The Morgan fingerprint density at radius 3 is 2.55 bits per heavy atom. The largest absolute Gasteiger partial charge is 0.293 e. The van der Waals surface area contributed by atoms with E-state index in [4.69, 9.17) is 0 Å². The molecule has 0 fully saturated rings. The van der Waals surface area contributed by atoms with Crippen molar-refractivity contribution >= 4 is 22.8 Å². The molecule has 5 nitrogen and oxygen atoms in total. The summed E-state index contributed by atoms with van der Waals surface area (Å²) in [6, 6.07) is 8.00. The van der Waals surface area contributed by atoms with E-state index in [-0.39, 0.29) is 0 Å². The maximum atomic E-state index is 4.62. The molecule has 0 radical (unpaired) electrons. The number of benzene rings is 1. The Labute approximate surface area is 128 Å². The summed E-state index contributed by atoms with van der Waals surface area (Å²) in [5.41, 5.74) is 5.40. The zero-order valence-electron chi connectivity index (χ0n) is 12.7. The summed E-state index contributed by atoms with van der Waals surface area (Å²) in [6.45, 7) is 4.04. The van der Waals surface area contributed by atoms with Gasteiger partial charge in [0.1, 0.15) is 0 Å². The Morgan fingerprint density at radius 2 is 1.64 bits per heavy atom. The topological polar surface area (TPSA) is 63.6 Å². The number of para-hydroxylation sites is 1. The molecule has 0 saturated carbocycles. The molecular formula is C17H17N5. The highest BCUT2D eigenvalue weighted by atomic mass is 15.2. The molecule has 0 unspecified atom stereocenters. The van der Waals surface area contributed by atoms with Crippen LogP contribution in [0.4, 0.5) is 11.9 Å². The van der Waals surface area contributed by atoms with Crippen LogP contribution in [0.3, 0.4) is 0 Å². The molecule has 3 aromatic rings. The molecule has 1 N–H and O–H groups in total. The highest BCUT2D eigenvalue weighted by Gasteiger charge is 2.17. The summed E-state index contributed by atoms with van der Waals surface area (Å²) >= 11 is 0. The van der Waals surface area contributed by atoms with Gasteiger partial charge >= 0.3 is 0 Å². The van der Waals surface area contributed by atoms with E-state index in [1.165, 1.54) is 12.0 Å². The van der Waals surface area contributed by atoms with Crippen LogP contribution in [0.1, 0.15) is 29.1 Å². The molecule has 4 rings (SSSR count). The maximum Gasteiger partial charge on any atom is 0.230 e. The second kappa shape index (κ2) is 5.02. The van der Waals surface area contributed by atoms with Crippen LogP contribution in [0.2, 0.25) is 0 Å². The van der Waals surface area contributed by atoms with Crippen molar-refractivity contribution < 1.29 is 0 Å². The van der Waals surface area contributed by atoms with E-state index in [1.54, 1.807) is 0 Å². The highest BCUT2D eigenvalue weighted by molar-refractivity contribution is 5.81. The van der Waals surface area contributed by atoms with Crippen molar-refractivity contribution in [1.29, 1.82) is 0 Å². The van der Waals surface area contributed by atoms with Crippen LogP contribution in [-0.2, 0) is 12.8 Å². The van der Waals surface area contributed by atoms with Crippen LogP contribution >= 0.6 is 0 Å². The fourth-order valence-corrected chi connectivity index (χ4v) is 3.07. The number of aryl methyl sites for hydroxylation is 3. The zero-order valence-corrected chi connectivity index (χ0v) is 12.7. The SMILES string of the molecule is Cc1nc(Nc2nc(C)c3ccccc3n2)nc2c1CCC2. The molecule has 0 saturated heterocycles. The van der Waals surface area contributed by atoms with Gasteiger partial charge in [-0.2, -0.15) is 0 Å². The third-order valence-corrected chi connectivity index (χ3v) is 4.16. The lowest BCUT2D eigenvalue weighted by molar-refractivity contribution is 0.898. The first kappa shape index (κ1) is 13.1. The minimum atomic E-state index is 0.550. The molecule has 110 valence electrons. The average Bonchev–Trinajstić information content (AvgIpc) is 2.96. The van der Waals surface area contributed by atoms with Crippen LogP contribution in [-0.4, -0.2) is 19.9 Å². The molecule has 0 aliphatic heterocycles. The van der Waals surface area contributed by atoms with E-state index < -0.39 is 0 Å². The molecule has 0 spiro atoms. The summed E-state index contributed by atoms with van der Waals surface area (Å²) in [5.74, 6) is 1.14. The van der Waals surface area contributed by atoms with E-state index in [0.717, 1.165) is 40.8 Å². The standard InChI is InChI=1S/C17H17N5/c1-10-12-6-3-4-8-14(12)20-16(18-10)22-17-19-11(2)13-7-5-9-15(13)21-17/h3-4,6,8H,5,7,9H2,1-2H3,(H,18,19,20,21,22). The number of nitrogens with zero attached hydrogens (tertiary/aromatic N) is 4. The minimum absolute atomic E-state index is 0.550. The molecular weight excluding hydrogens is 274 g/mol. The van der Waals surface area contributed by atoms with Gasteiger partial charge in [-0.25, -0.2) is 19.9 Å². The predicted molar refractivity (Wildman–Crippen MR) is 86.4 cm³/mol. The molecule has 1 aliphatic rings. The number of hydrogen-bond acceptors (Lipinski definition) is 5. The van der Waals surface area contributed by atoms with Crippen LogP contribution in [0.15, 0.2) is 24.3 Å². The minimum Gasteiger partial charge on any atom is -0.293 e. The first-order valence-corrected chi connectivity index (χ1v) is 7.57. The van der Waals surface area contributed by atoms with Crippen LogP contribution in [0.5, 0.6) is 0 Å². The third-order valence-electron chi connectivity index (χ3n) is 4.16. The molecule has 22 heavy (non-hydrogen) atoms. The van der Waals surface area contributed by atoms with Crippen LogP contribution in [0.25, 0.3) is 10.9 Å². The van der Waals surface area contributed by atoms with Gasteiger partial charge in [-0.1, -0.05) is 18.2 Å². The van der Waals surface area contributed by atoms with Crippen molar-refractivity contribution in [2.24, 2.45) is 0 Å². The smallest absolute Gasteiger partial charge is 0.230 e. The summed E-state index contributed by atoms with van der Waals surface area (Å²) in [6.07, 6.45) is 3.29. The van der Waals surface area contributed by atoms with Crippen LogP contribution < -0.4 is 5.32 Å². The van der Waals surface area contributed by atoms with Crippen molar-refractivity contribution in [3.63, 3.8) is 0 Å². The Kier molecular flexibility index (Phi) is 2.99. The lowest BCUT2D eigenvalue weighted by Gasteiger charge is -2.09. The third kappa shape index (κ3) is 2.19. The van der Waals surface area contributed by atoms with Gasteiger partial charge in [0.25, 0.3) is 0 Å². The van der Waals surface area contributed by atoms with Crippen molar-refractivity contribution in [1.82, 2.24) is 19.9 Å². The highest BCUT2D eigenvalue weighted by Crippen LogP contribution is 2.24. The van der Waals surface area contributed by atoms with Gasteiger partial charge in [0.15, 0.2) is 0 Å². The maximum absolute atomic E-state index is 4.62. The van der Waals surface area contributed by atoms with Crippen LogP contribution in [0, 0.1) is 13.8 Å². The Morgan fingerprint density at radius 1 is 0.864 bits per heavy atom. The summed E-state index contributed by atoms with van der Waals surface area (Å²) in [7, 11) is 0. The molecule has 5 heteroatoms. The first-order valence-electron chi connectivity index (χ1n) is 7.57. The number of aromatic nitrogens is 4. The number of rotatable bonds is 2. The molecule has 1 aromatic carbocycles. The Hall–Kier alpha value is -2.56. The summed E-state index contributed by atoms with van der Waals surface area (Å²) in [5, 5.41) is 4.23. The Balaban J connectivity index is 1.73. The average molecular weight is 291 g/mol. The van der Waals surface area contributed by atoms with E-state index in [9.17, 15) is 0 Å². The predicted octanol–water partition coefficient (Wildman–Crippen LogP) is 3.27. The number of anilines is 2. The van der Waals surface area contributed by atoms with Crippen molar-refractivity contribution in [2.45, 2.75) is 33.1 Å². The lowest BCUT2D eigenvalue weighted by atomic mass is 10.2. The monoisotopic (exact) mass is 291 g/mol. The van der Waals surface area contributed by atoms with E-state index >= 15 is 0 Å². The Bertz CT molecular complexity index is 872. The summed E-state index contributed by atoms with van der Waals surface area (Å²) < 4.78 is 0. The van der Waals surface area contributed by atoms with Gasteiger partial charge in [-0.15, -0.1) is 0 Å². The van der Waals surface area contributed by atoms with Gasteiger partial charge in [0.05, 0.1) is 11.2 Å². The molecule has 2 heterocycles. The van der Waals surface area contributed by atoms with E-state index in [0.29, 0.717) is 11.9 Å². The van der Waals surface area contributed by atoms with Gasteiger partial charge in [0, 0.05) is 16.8 Å². The fraction of sp³-hybridized carbons (Fsp3) is 0.294. The zero-order chi connectivity index (χ0) is 15.1. The summed E-state index contributed by atoms with van der Waals surface area (Å²) in [4.78, 5) is 18.2. The molecule has 0 atom stereocenters. The van der Waals surface area contributed by atoms with Crippen molar-refractivity contribution in [3.05, 3.63) is 46.9 Å². The number of nitrogens with one attached hydrogen (secondary N) is 1. The molecule has 0 bridgehead atoms. The second-order valence-corrected chi connectivity index (χ2v) is 5.69. The van der Waals surface area contributed by atoms with Gasteiger partial charge in [-0.05, 0) is 44.7 Å². The molecule has 1 aliphatic carbocycles. The first-order chi connectivity index (χ1) is 10.7. The second-order valence-electron chi connectivity index (χ2n) is 5.69.